The molecule has 1 atom stereocenters. The van der Waals surface area contributed by atoms with Crippen molar-refractivity contribution in [2.75, 3.05) is 13.7 Å². The number of nitrogens with one attached hydrogen (secondary N) is 1. The highest BCUT2D eigenvalue weighted by molar-refractivity contribution is 4.92. The zero-order chi connectivity index (χ0) is 11.1. The molecular formula is C12H26N2O. The average molecular weight is 214 g/mol. The van der Waals surface area contributed by atoms with E-state index in [0.717, 1.165) is 19.4 Å². The van der Waals surface area contributed by atoms with Gasteiger partial charge in [0.2, 0.25) is 0 Å². The molecule has 0 bridgehead atoms. The van der Waals surface area contributed by atoms with Crippen LogP contribution >= 0.6 is 0 Å². The molecule has 0 amide bonds. The Hall–Kier alpha value is -0.120. The lowest BCUT2D eigenvalue weighted by molar-refractivity contribution is 0.148. The van der Waals surface area contributed by atoms with Crippen molar-refractivity contribution in [3.8, 4) is 0 Å². The van der Waals surface area contributed by atoms with Crippen LogP contribution in [0.25, 0.3) is 0 Å². The lowest BCUT2D eigenvalue weighted by Gasteiger charge is -2.36. The molecule has 0 heterocycles. The molecule has 1 fully saturated rings. The summed E-state index contributed by atoms with van der Waals surface area (Å²) < 4.78 is 5.10. The van der Waals surface area contributed by atoms with Gasteiger partial charge >= 0.3 is 0 Å². The third kappa shape index (κ3) is 3.16. The zero-order valence-electron chi connectivity index (χ0n) is 10.2. The second-order valence-electron chi connectivity index (χ2n) is 4.78. The molecule has 1 unspecified atom stereocenters. The SMILES string of the molecule is CCC1(C(CCCOC)NN)CCCC1. The summed E-state index contributed by atoms with van der Waals surface area (Å²) in [6.07, 6.45) is 8.91. The van der Waals surface area contributed by atoms with Crippen molar-refractivity contribution in [3.05, 3.63) is 0 Å². The average Bonchev–Trinajstić information content (AvgIpc) is 2.74. The molecular weight excluding hydrogens is 188 g/mol. The Morgan fingerprint density at radius 3 is 2.53 bits per heavy atom. The summed E-state index contributed by atoms with van der Waals surface area (Å²) in [4.78, 5) is 0. The van der Waals surface area contributed by atoms with Gasteiger partial charge in [-0.25, -0.2) is 0 Å². The normalized spacial score (nSPS) is 21.8. The molecule has 1 aliphatic rings. The summed E-state index contributed by atoms with van der Waals surface area (Å²) in [5, 5.41) is 0. The molecule has 0 aromatic rings. The molecule has 1 rings (SSSR count). The minimum absolute atomic E-state index is 0.461. The van der Waals surface area contributed by atoms with Crippen molar-refractivity contribution in [2.45, 2.75) is 57.9 Å². The van der Waals surface area contributed by atoms with Crippen LogP contribution in [0.3, 0.4) is 0 Å². The first kappa shape index (κ1) is 12.9. The Bertz CT molecular complexity index is 167. The molecule has 3 nitrogen and oxygen atoms in total. The third-order valence-corrected chi connectivity index (χ3v) is 4.09. The topological polar surface area (TPSA) is 47.3 Å². The van der Waals surface area contributed by atoms with Gasteiger partial charge < -0.3 is 4.74 Å². The Morgan fingerprint density at radius 1 is 1.40 bits per heavy atom. The monoisotopic (exact) mass is 214 g/mol. The van der Waals surface area contributed by atoms with E-state index < -0.39 is 0 Å². The fourth-order valence-electron chi connectivity index (χ4n) is 3.03. The van der Waals surface area contributed by atoms with Gasteiger partial charge in [-0.15, -0.1) is 0 Å². The van der Waals surface area contributed by atoms with Crippen LogP contribution in [0.2, 0.25) is 0 Å². The molecule has 0 radical (unpaired) electrons. The van der Waals surface area contributed by atoms with Gasteiger partial charge in [-0.2, -0.15) is 0 Å². The van der Waals surface area contributed by atoms with Crippen LogP contribution in [0.15, 0.2) is 0 Å². The number of nitrogens with two attached hydrogens (primary N) is 1. The maximum absolute atomic E-state index is 5.70. The van der Waals surface area contributed by atoms with Gasteiger partial charge in [-0.3, -0.25) is 11.3 Å². The molecule has 3 N–H and O–H groups in total. The molecule has 0 aromatic carbocycles. The molecule has 0 aliphatic heterocycles. The Balaban J connectivity index is 2.46. The molecule has 15 heavy (non-hydrogen) atoms. The van der Waals surface area contributed by atoms with Gasteiger partial charge in [-0.1, -0.05) is 19.8 Å². The van der Waals surface area contributed by atoms with E-state index in [0.29, 0.717) is 11.5 Å². The van der Waals surface area contributed by atoms with E-state index in [1.807, 2.05) is 0 Å². The van der Waals surface area contributed by atoms with Crippen LogP contribution < -0.4 is 11.3 Å². The van der Waals surface area contributed by atoms with Crippen molar-refractivity contribution in [1.29, 1.82) is 0 Å². The quantitative estimate of drug-likeness (QED) is 0.388. The molecule has 0 saturated heterocycles. The van der Waals surface area contributed by atoms with E-state index in [2.05, 4.69) is 12.3 Å². The minimum atomic E-state index is 0.461. The minimum Gasteiger partial charge on any atom is -0.385 e. The predicted octanol–water partition coefficient (Wildman–Crippen LogP) is 2.22. The molecule has 1 aliphatic carbocycles. The van der Waals surface area contributed by atoms with E-state index in [4.69, 9.17) is 10.6 Å². The number of hydrazine groups is 1. The first-order chi connectivity index (χ1) is 7.29. The van der Waals surface area contributed by atoms with Crippen molar-refractivity contribution < 1.29 is 4.74 Å². The first-order valence-electron chi connectivity index (χ1n) is 6.24. The molecule has 0 aromatic heterocycles. The van der Waals surface area contributed by atoms with E-state index >= 15 is 0 Å². The second kappa shape index (κ2) is 6.46. The number of rotatable bonds is 7. The Kier molecular flexibility index (Phi) is 5.58. The Labute approximate surface area is 93.7 Å². The summed E-state index contributed by atoms with van der Waals surface area (Å²) in [7, 11) is 1.76. The maximum Gasteiger partial charge on any atom is 0.0462 e. The highest BCUT2D eigenvalue weighted by Gasteiger charge is 2.38. The van der Waals surface area contributed by atoms with Gasteiger partial charge in [0, 0.05) is 19.8 Å². The lowest BCUT2D eigenvalue weighted by Crippen LogP contribution is -2.47. The molecule has 0 spiro atoms. The van der Waals surface area contributed by atoms with Crippen molar-refractivity contribution in [3.63, 3.8) is 0 Å². The van der Waals surface area contributed by atoms with E-state index in [9.17, 15) is 0 Å². The number of hydrogen-bond donors (Lipinski definition) is 2. The van der Waals surface area contributed by atoms with Crippen LogP contribution in [-0.2, 0) is 4.74 Å². The van der Waals surface area contributed by atoms with Gasteiger partial charge in [0.05, 0.1) is 0 Å². The van der Waals surface area contributed by atoms with E-state index in [-0.39, 0.29) is 0 Å². The summed E-state index contributed by atoms with van der Waals surface area (Å²) in [6.45, 7) is 3.14. The first-order valence-corrected chi connectivity index (χ1v) is 6.24. The van der Waals surface area contributed by atoms with Crippen molar-refractivity contribution in [2.24, 2.45) is 11.3 Å². The van der Waals surface area contributed by atoms with Crippen LogP contribution in [0.4, 0.5) is 0 Å². The fraction of sp³-hybridized carbons (Fsp3) is 1.00. The summed E-state index contributed by atoms with van der Waals surface area (Å²) in [5.41, 5.74) is 3.50. The van der Waals surface area contributed by atoms with Crippen LogP contribution in [0, 0.1) is 5.41 Å². The van der Waals surface area contributed by atoms with Gasteiger partial charge in [0.1, 0.15) is 0 Å². The third-order valence-electron chi connectivity index (χ3n) is 4.09. The highest BCUT2D eigenvalue weighted by atomic mass is 16.5. The zero-order valence-corrected chi connectivity index (χ0v) is 10.2. The number of hydrogen-bond acceptors (Lipinski definition) is 3. The van der Waals surface area contributed by atoms with E-state index in [1.54, 1.807) is 7.11 Å². The smallest absolute Gasteiger partial charge is 0.0462 e. The summed E-state index contributed by atoms with van der Waals surface area (Å²) in [6, 6.07) is 0.472. The largest absolute Gasteiger partial charge is 0.385 e. The molecule has 1 saturated carbocycles. The maximum atomic E-state index is 5.70. The summed E-state index contributed by atoms with van der Waals surface area (Å²) >= 11 is 0. The van der Waals surface area contributed by atoms with Crippen molar-refractivity contribution in [1.82, 2.24) is 5.43 Å². The van der Waals surface area contributed by atoms with E-state index in [1.165, 1.54) is 32.1 Å². The lowest BCUT2D eigenvalue weighted by atomic mass is 9.75. The van der Waals surface area contributed by atoms with Gasteiger partial charge in [0.25, 0.3) is 0 Å². The highest BCUT2D eigenvalue weighted by Crippen LogP contribution is 2.44. The fourth-order valence-corrected chi connectivity index (χ4v) is 3.03. The summed E-state index contributed by atoms with van der Waals surface area (Å²) in [5.74, 6) is 5.70. The van der Waals surface area contributed by atoms with Crippen LogP contribution in [-0.4, -0.2) is 19.8 Å². The number of ether oxygens (including phenoxy) is 1. The Morgan fingerprint density at radius 2 is 2.07 bits per heavy atom. The van der Waals surface area contributed by atoms with Gasteiger partial charge in [-0.05, 0) is 37.5 Å². The predicted molar refractivity (Wildman–Crippen MR) is 63.4 cm³/mol. The van der Waals surface area contributed by atoms with Crippen molar-refractivity contribution >= 4 is 0 Å². The molecule has 90 valence electrons. The molecule has 3 heteroatoms. The number of methoxy groups -OCH3 is 1. The second-order valence-corrected chi connectivity index (χ2v) is 4.78. The van der Waals surface area contributed by atoms with Crippen LogP contribution in [0.5, 0.6) is 0 Å². The standard InChI is InChI=1S/C12H26N2O/c1-3-12(8-4-5-9-12)11(14-13)7-6-10-15-2/h11,14H,3-10,13H2,1-2H3. The van der Waals surface area contributed by atoms with Crippen LogP contribution in [0.1, 0.15) is 51.9 Å². The van der Waals surface area contributed by atoms with Gasteiger partial charge in [0.15, 0.2) is 0 Å².